The van der Waals surface area contributed by atoms with Gasteiger partial charge in [0.1, 0.15) is 5.82 Å². The minimum Gasteiger partial charge on any atom is -0.341 e. The average Bonchev–Trinajstić information content (AvgIpc) is 2.58. The summed E-state index contributed by atoms with van der Waals surface area (Å²) in [7, 11) is 0. The SMILES string of the molecule is CCCCN(CCCC)c1nc(C)nc(Nc2c(C)cccc2C)n1. The van der Waals surface area contributed by atoms with Crippen molar-refractivity contribution < 1.29 is 0 Å². The minimum absolute atomic E-state index is 0.623. The Morgan fingerprint density at radius 3 is 2.04 bits per heavy atom. The van der Waals surface area contributed by atoms with Crippen LogP contribution in [0.4, 0.5) is 17.6 Å². The molecule has 0 spiro atoms. The molecular formula is C20H31N5. The molecule has 0 aliphatic rings. The molecule has 1 aromatic heterocycles. The largest absolute Gasteiger partial charge is 0.341 e. The van der Waals surface area contributed by atoms with Crippen LogP contribution in [-0.2, 0) is 0 Å². The van der Waals surface area contributed by atoms with Crippen LogP contribution >= 0.6 is 0 Å². The van der Waals surface area contributed by atoms with E-state index in [1.807, 2.05) is 6.92 Å². The number of unbranched alkanes of at least 4 members (excludes halogenated alkanes) is 2. The second-order valence-electron chi connectivity index (χ2n) is 6.59. The highest BCUT2D eigenvalue weighted by atomic mass is 15.3. The van der Waals surface area contributed by atoms with E-state index in [-0.39, 0.29) is 0 Å². The van der Waals surface area contributed by atoms with Crippen molar-refractivity contribution >= 4 is 17.6 Å². The summed E-state index contributed by atoms with van der Waals surface area (Å²) in [4.78, 5) is 16.1. The fraction of sp³-hybridized carbons (Fsp3) is 0.550. The highest BCUT2D eigenvalue weighted by Gasteiger charge is 2.13. The maximum absolute atomic E-state index is 4.71. The Bertz CT molecular complexity index is 656. The summed E-state index contributed by atoms with van der Waals surface area (Å²) in [6.07, 6.45) is 4.63. The number of aromatic nitrogens is 3. The van der Waals surface area contributed by atoms with Crippen molar-refractivity contribution in [3.8, 4) is 0 Å². The lowest BCUT2D eigenvalue weighted by molar-refractivity contribution is 0.660. The van der Waals surface area contributed by atoms with Crippen molar-refractivity contribution in [1.82, 2.24) is 15.0 Å². The molecule has 0 fully saturated rings. The van der Waals surface area contributed by atoms with Gasteiger partial charge in [-0.25, -0.2) is 0 Å². The number of nitrogens with one attached hydrogen (secondary N) is 1. The molecule has 1 N–H and O–H groups in total. The lowest BCUT2D eigenvalue weighted by Crippen LogP contribution is -2.28. The van der Waals surface area contributed by atoms with Crippen LogP contribution in [0, 0.1) is 20.8 Å². The number of para-hydroxylation sites is 1. The summed E-state index contributed by atoms with van der Waals surface area (Å²) >= 11 is 0. The Morgan fingerprint density at radius 1 is 0.880 bits per heavy atom. The van der Waals surface area contributed by atoms with Gasteiger partial charge in [-0.3, -0.25) is 0 Å². The summed E-state index contributed by atoms with van der Waals surface area (Å²) in [5.41, 5.74) is 3.45. The first-order chi connectivity index (χ1) is 12.0. The third kappa shape index (κ3) is 5.41. The first-order valence-corrected chi connectivity index (χ1v) is 9.36. The van der Waals surface area contributed by atoms with E-state index in [1.54, 1.807) is 0 Å². The van der Waals surface area contributed by atoms with Gasteiger partial charge in [0.25, 0.3) is 0 Å². The normalized spacial score (nSPS) is 10.8. The zero-order valence-electron chi connectivity index (χ0n) is 16.3. The first kappa shape index (κ1) is 19.2. The zero-order valence-corrected chi connectivity index (χ0v) is 16.3. The molecule has 1 aromatic carbocycles. The number of hydrogen-bond donors (Lipinski definition) is 1. The smallest absolute Gasteiger partial charge is 0.232 e. The molecule has 0 aliphatic heterocycles. The minimum atomic E-state index is 0.623. The standard InChI is InChI=1S/C20H31N5/c1-6-8-13-25(14-9-7-2)20-22-17(5)21-19(24-20)23-18-15(3)11-10-12-16(18)4/h10-12H,6-9,13-14H2,1-5H3,(H,21,22,23,24). The molecule has 2 rings (SSSR count). The van der Waals surface area contributed by atoms with Gasteiger partial charge in [-0.05, 0) is 44.7 Å². The molecule has 2 aromatic rings. The van der Waals surface area contributed by atoms with Gasteiger partial charge in [-0.2, -0.15) is 15.0 Å². The molecule has 0 saturated carbocycles. The molecule has 0 atom stereocenters. The lowest BCUT2D eigenvalue weighted by Gasteiger charge is -2.23. The van der Waals surface area contributed by atoms with E-state index < -0.39 is 0 Å². The average molecular weight is 342 g/mol. The van der Waals surface area contributed by atoms with Crippen molar-refractivity contribution in [2.24, 2.45) is 0 Å². The van der Waals surface area contributed by atoms with Gasteiger partial charge < -0.3 is 10.2 Å². The monoisotopic (exact) mass is 341 g/mol. The molecule has 0 unspecified atom stereocenters. The predicted octanol–water partition coefficient (Wildman–Crippen LogP) is 4.95. The number of nitrogens with zero attached hydrogens (tertiary/aromatic N) is 4. The van der Waals surface area contributed by atoms with Gasteiger partial charge in [0.2, 0.25) is 11.9 Å². The maximum Gasteiger partial charge on any atom is 0.232 e. The number of aryl methyl sites for hydroxylation is 3. The molecule has 25 heavy (non-hydrogen) atoms. The van der Waals surface area contributed by atoms with Crippen LogP contribution in [0.5, 0.6) is 0 Å². The number of rotatable bonds is 9. The molecule has 0 bridgehead atoms. The van der Waals surface area contributed by atoms with Crippen molar-refractivity contribution in [3.63, 3.8) is 0 Å². The van der Waals surface area contributed by atoms with E-state index in [1.165, 1.54) is 24.0 Å². The van der Waals surface area contributed by atoms with Crippen LogP contribution in [0.2, 0.25) is 0 Å². The van der Waals surface area contributed by atoms with E-state index in [0.29, 0.717) is 5.95 Å². The first-order valence-electron chi connectivity index (χ1n) is 9.36. The Kier molecular flexibility index (Phi) is 7.16. The van der Waals surface area contributed by atoms with Crippen LogP contribution in [0.1, 0.15) is 56.5 Å². The van der Waals surface area contributed by atoms with Gasteiger partial charge in [0.15, 0.2) is 0 Å². The summed E-state index contributed by atoms with van der Waals surface area (Å²) in [6, 6.07) is 6.26. The van der Waals surface area contributed by atoms with Crippen molar-refractivity contribution in [2.75, 3.05) is 23.3 Å². The molecule has 0 aliphatic carbocycles. The number of benzene rings is 1. The van der Waals surface area contributed by atoms with E-state index in [0.717, 1.165) is 43.4 Å². The molecular weight excluding hydrogens is 310 g/mol. The van der Waals surface area contributed by atoms with Gasteiger partial charge in [0, 0.05) is 18.8 Å². The summed E-state index contributed by atoms with van der Waals surface area (Å²) in [5, 5.41) is 3.40. The lowest BCUT2D eigenvalue weighted by atomic mass is 10.1. The molecule has 5 nitrogen and oxygen atoms in total. The Morgan fingerprint density at radius 2 is 1.48 bits per heavy atom. The quantitative estimate of drug-likeness (QED) is 0.699. The zero-order chi connectivity index (χ0) is 18.2. The fourth-order valence-corrected chi connectivity index (χ4v) is 2.80. The number of hydrogen-bond acceptors (Lipinski definition) is 5. The van der Waals surface area contributed by atoms with Gasteiger partial charge in [-0.1, -0.05) is 44.9 Å². The number of anilines is 3. The van der Waals surface area contributed by atoms with Crippen molar-refractivity contribution in [3.05, 3.63) is 35.2 Å². The van der Waals surface area contributed by atoms with Crippen molar-refractivity contribution in [2.45, 2.75) is 60.3 Å². The second-order valence-corrected chi connectivity index (χ2v) is 6.59. The Labute approximate surface area is 151 Å². The second kappa shape index (κ2) is 9.35. The molecule has 136 valence electrons. The molecule has 1 heterocycles. The van der Waals surface area contributed by atoms with E-state index in [2.05, 4.69) is 66.1 Å². The van der Waals surface area contributed by atoms with Gasteiger partial charge in [0.05, 0.1) is 0 Å². The Hall–Kier alpha value is -2.17. The van der Waals surface area contributed by atoms with Crippen LogP contribution in [0.3, 0.4) is 0 Å². The van der Waals surface area contributed by atoms with Crippen LogP contribution < -0.4 is 10.2 Å². The van der Waals surface area contributed by atoms with Crippen LogP contribution in [0.25, 0.3) is 0 Å². The van der Waals surface area contributed by atoms with Gasteiger partial charge in [-0.15, -0.1) is 0 Å². The highest BCUT2D eigenvalue weighted by molar-refractivity contribution is 5.63. The molecule has 0 saturated heterocycles. The van der Waals surface area contributed by atoms with E-state index in [9.17, 15) is 0 Å². The third-order valence-corrected chi connectivity index (χ3v) is 4.30. The predicted molar refractivity (Wildman–Crippen MR) is 106 cm³/mol. The molecule has 0 amide bonds. The third-order valence-electron chi connectivity index (χ3n) is 4.30. The van der Waals surface area contributed by atoms with E-state index in [4.69, 9.17) is 4.98 Å². The van der Waals surface area contributed by atoms with Gasteiger partial charge >= 0.3 is 0 Å². The molecule has 0 radical (unpaired) electrons. The fourth-order valence-electron chi connectivity index (χ4n) is 2.80. The summed E-state index contributed by atoms with van der Waals surface area (Å²) in [6.45, 7) is 12.5. The highest BCUT2D eigenvalue weighted by Crippen LogP contribution is 2.23. The van der Waals surface area contributed by atoms with Crippen LogP contribution in [0.15, 0.2) is 18.2 Å². The maximum atomic E-state index is 4.71. The van der Waals surface area contributed by atoms with Crippen LogP contribution in [-0.4, -0.2) is 28.0 Å². The molecule has 5 heteroatoms. The summed E-state index contributed by atoms with van der Waals surface area (Å²) < 4.78 is 0. The topological polar surface area (TPSA) is 53.9 Å². The van der Waals surface area contributed by atoms with Crippen molar-refractivity contribution in [1.29, 1.82) is 0 Å². The van der Waals surface area contributed by atoms with E-state index >= 15 is 0 Å². The Balaban J connectivity index is 2.28. The summed E-state index contributed by atoms with van der Waals surface area (Å²) in [5.74, 6) is 2.15.